The lowest BCUT2D eigenvalue weighted by atomic mass is 10.1. The molecule has 3 nitrogen and oxygen atoms in total. The van der Waals surface area contributed by atoms with Crippen LogP contribution in [0.25, 0.3) is 0 Å². The third-order valence-corrected chi connectivity index (χ3v) is 4.01. The molecular formula is C14H17N3S2. The van der Waals surface area contributed by atoms with Gasteiger partial charge in [-0.2, -0.15) is 0 Å². The Hall–Kier alpha value is -1.46. The summed E-state index contributed by atoms with van der Waals surface area (Å²) in [6, 6.07) is 8.36. The SMILES string of the molecule is CCCC(Nc1cccnc1C(N)=S)c1cccs1. The quantitative estimate of drug-likeness (QED) is 0.796. The second kappa shape index (κ2) is 6.63. The molecule has 0 saturated carbocycles. The lowest BCUT2D eigenvalue weighted by Crippen LogP contribution is -2.17. The van der Waals surface area contributed by atoms with Gasteiger partial charge in [-0.15, -0.1) is 11.3 Å². The first-order valence-electron chi connectivity index (χ1n) is 6.27. The summed E-state index contributed by atoms with van der Waals surface area (Å²) in [5, 5.41) is 5.61. The zero-order chi connectivity index (χ0) is 13.7. The Balaban J connectivity index is 2.25. The summed E-state index contributed by atoms with van der Waals surface area (Å²) in [6.45, 7) is 2.18. The molecule has 0 amide bonds. The largest absolute Gasteiger partial charge is 0.388 e. The Labute approximate surface area is 122 Å². The first kappa shape index (κ1) is 14.0. The second-order valence-electron chi connectivity index (χ2n) is 4.26. The molecule has 0 spiro atoms. The van der Waals surface area contributed by atoms with E-state index in [0.29, 0.717) is 10.7 Å². The van der Waals surface area contributed by atoms with Crippen LogP contribution in [0.15, 0.2) is 35.8 Å². The monoisotopic (exact) mass is 291 g/mol. The van der Waals surface area contributed by atoms with Gasteiger partial charge in [0.25, 0.3) is 0 Å². The van der Waals surface area contributed by atoms with Crippen LogP contribution in [0.2, 0.25) is 0 Å². The van der Waals surface area contributed by atoms with Crippen LogP contribution >= 0.6 is 23.6 Å². The van der Waals surface area contributed by atoms with Crippen molar-refractivity contribution in [1.82, 2.24) is 4.98 Å². The molecule has 0 fully saturated rings. The topological polar surface area (TPSA) is 50.9 Å². The molecule has 1 atom stereocenters. The van der Waals surface area contributed by atoms with Gasteiger partial charge in [-0.1, -0.05) is 31.6 Å². The van der Waals surface area contributed by atoms with Crippen molar-refractivity contribution < 1.29 is 0 Å². The number of rotatable bonds is 6. The highest BCUT2D eigenvalue weighted by Gasteiger charge is 2.14. The summed E-state index contributed by atoms with van der Waals surface area (Å²) in [5.74, 6) is 0. The predicted molar refractivity (Wildman–Crippen MR) is 85.7 cm³/mol. The first-order chi connectivity index (χ1) is 9.22. The van der Waals surface area contributed by atoms with Crippen LogP contribution in [-0.4, -0.2) is 9.97 Å². The Morgan fingerprint density at radius 2 is 2.32 bits per heavy atom. The van der Waals surface area contributed by atoms with Crippen LogP contribution < -0.4 is 11.1 Å². The van der Waals surface area contributed by atoms with Gasteiger partial charge in [0.1, 0.15) is 10.7 Å². The Morgan fingerprint density at radius 3 is 2.95 bits per heavy atom. The molecule has 2 aromatic heterocycles. The number of nitrogens with two attached hydrogens (primary N) is 1. The van der Waals surface area contributed by atoms with Gasteiger partial charge in [0.15, 0.2) is 0 Å². The number of hydrogen-bond acceptors (Lipinski definition) is 4. The van der Waals surface area contributed by atoms with E-state index < -0.39 is 0 Å². The number of thiocarbonyl (C=S) groups is 1. The minimum atomic E-state index is 0.280. The van der Waals surface area contributed by atoms with Crippen LogP contribution in [0.5, 0.6) is 0 Å². The maximum atomic E-state index is 5.71. The predicted octanol–water partition coefficient (Wildman–Crippen LogP) is 3.73. The van der Waals surface area contributed by atoms with Crippen molar-refractivity contribution in [3.05, 3.63) is 46.4 Å². The smallest absolute Gasteiger partial charge is 0.124 e. The number of hydrogen-bond donors (Lipinski definition) is 2. The molecule has 2 rings (SSSR count). The number of nitrogens with one attached hydrogen (secondary N) is 1. The van der Waals surface area contributed by atoms with E-state index >= 15 is 0 Å². The molecule has 0 aliphatic carbocycles. The molecule has 1 unspecified atom stereocenters. The van der Waals surface area contributed by atoms with E-state index in [0.717, 1.165) is 18.5 Å². The highest BCUT2D eigenvalue weighted by Crippen LogP contribution is 2.28. The highest BCUT2D eigenvalue weighted by molar-refractivity contribution is 7.80. The minimum absolute atomic E-state index is 0.280. The molecule has 3 N–H and O–H groups in total. The molecule has 0 aromatic carbocycles. The van der Waals surface area contributed by atoms with Gasteiger partial charge in [0.05, 0.1) is 11.7 Å². The van der Waals surface area contributed by atoms with E-state index in [-0.39, 0.29) is 6.04 Å². The standard InChI is InChI=1S/C14H17N3S2/c1-2-5-10(12-7-4-9-19-12)17-11-6-3-8-16-13(11)14(15)18/h3-4,6-10,17H,2,5H2,1H3,(H2,15,18). The average Bonchev–Trinajstić information content (AvgIpc) is 2.92. The van der Waals surface area contributed by atoms with Crippen molar-refractivity contribution in [1.29, 1.82) is 0 Å². The molecule has 0 saturated heterocycles. The van der Waals surface area contributed by atoms with E-state index in [1.54, 1.807) is 17.5 Å². The molecule has 0 bridgehead atoms. The van der Waals surface area contributed by atoms with Crippen LogP contribution in [-0.2, 0) is 0 Å². The molecule has 0 radical (unpaired) electrons. The van der Waals surface area contributed by atoms with Gasteiger partial charge < -0.3 is 11.1 Å². The maximum absolute atomic E-state index is 5.71. The van der Waals surface area contributed by atoms with Crippen molar-refractivity contribution in [3.63, 3.8) is 0 Å². The van der Waals surface area contributed by atoms with E-state index in [4.69, 9.17) is 18.0 Å². The van der Waals surface area contributed by atoms with E-state index in [9.17, 15) is 0 Å². The number of thiophene rings is 1. The van der Waals surface area contributed by atoms with Crippen LogP contribution in [0.4, 0.5) is 5.69 Å². The minimum Gasteiger partial charge on any atom is -0.388 e. The lowest BCUT2D eigenvalue weighted by Gasteiger charge is -2.19. The third kappa shape index (κ3) is 3.52. The molecule has 5 heteroatoms. The van der Waals surface area contributed by atoms with Crippen molar-refractivity contribution in [2.24, 2.45) is 5.73 Å². The zero-order valence-corrected chi connectivity index (χ0v) is 12.4. The van der Waals surface area contributed by atoms with Gasteiger partial charge in [0, 0.05) is 11.1 Å². The number of aromatic nitrogens is 1. The molecule has 0 aliphatic heterocycles. The van der Waals surface area contributed by atoms with Gasteiger partial charge in [-0.25, -0.2) is 0 Å². The Kier molecular flexibility index (Phi) is 4.87. The Bertz CT molecular complexity index is 537. The average molecular weight is 291 g/mol. The fourth-order valence-electron chi connectivity index (χ4n) is 1.97. The molecule has 100 valence electrons. The van der Waals surface area contributed by atoms with E-state index in [2.05, 4.69) is 34.7 Å². The fraction of sp³-hybridized carbons (Fsp3) is 0.286. The summed E-state index contributed by atoms with van der Waals surface area (Å²) in [6.07, 6.45) is 3.88. The van der Waals surface area contributed by atoms with Gasteiger partial charge in [-0.3, -0.25) is 4.98 Å². The van der Waals surface area contributed by atoms with Gasteiger partial charge in [0.2, 0.25) is 0 Å². The second-order valence-corrected chi connectivity index (χ2v) is 5.68. The van der Waals surface area contributed by atoms with Crippen molar-refractivity contribution in [3.8, 4) is 0 Å². The van der Waals surface area contributed by atoms with E-state index in [1.807, 2.05) is 12.1 Å². The third-order valence-electron chi connectivity index (χ3n) is 2.83. The number of nitrogens with zero attached hydrogens (tertiary/aromatic N) is 1. The fourth-order valence-corrected chi connectivity index (χ4v) is 2.94. The maximum Gasteiger partial charge on any atom is 0.124 e. The number of pyridine rings is 1. The van der Waals surface area contributed by atoms with Crippen LogP contribution in [0, 0.1) is 0 Å². The molecule has 0 aliphatic rings. The highest BCUT2D eigenvalue weighted by atomic mass is 32.1. The molecule has 2 heterocycles. The summed E-state index contributed by atoms with van der Waals surface area (Å²) in [5.41, 5.74) is 7.28. The van der Waals surface area contributed by atoms with Crippen LogP contribution in [0.1, 0.15) is 36.4 Å². The van der Waals surface area contributed by atoms with Gasteiger partial charge in [-0.05, 0) is 30.0 Å². The van der Waals surface area contributed by atoms with E-state index in [1.165, 1.54) is 4.88 Å². The van der Waals surface area contributed by atoms with Gasteiger partial charge >= 0.3 is 0 Å². The number of anilines is 1. The molecule has 2 aromatic rings. The molecular weight excluding hydrogens is 274 g/mol. The first-order valence-corrected chi connectivity index (χ1v) is 7.56. The summed E-state index contributed by atoms with van der Waals surface area (Å²) < 4.78 is 0. The van der Waals surface area contributed by atoms with Crippen molar-refractivity contribution >= 4 is 34.2 Å². The van der Waals surface area contributed by atoms with Crippen molar-refractivity contribution in [2.45, 2.75) is 25.8 Å². The van der Waals surface area contributed by atoms with Crippen molar-refractivity contribution in [2.75, 3.05) is 5.32 Å². The Morgan fingerprint density at radius 1 is 1.47 bits per heavy atom. The normalized spacial score (nSPS) is 12.1. The summed E-state index contributed by atoms with van der Waals surface area (Å²) >= 11 is 6.80. The molecule has 19 heavy (non-hydrogen) atoms. The van der Waals surface area contributed by atoms with Crippen LogP contribution in [0.3, 0.4) is 0 Å². The summed E-state index contributed by atoms with van der Waals surface area (Å²) in [4.78, 5) is 5.89. The zero-order valence-electron chi connectivity index (χ0n) is 10.8. The summed E-state index contributed by atoms with van der Waals surface area (Å²) in [7, 11) is 0. The lowest BCUT2D eigenvalue weighted by molar-refractivity contribution is 0.687.